The topological polar surface area (TPSA) is 3.24 Å². The molecule has 0 unspecified atom stereocenters. The molecule has 0 saturated heterocycles. The van der Waals surface area contributed by atoms with E-state index in [4.69, 9.17) is 0 Å². The van der Waals surface area contributed by atoms with Crippen LogP contribution in [0.15, 0.2) is 18.2 Å². The standard InChI is InChI=1S/C12H17N/c1-9(2)13-8-7-11-10(3)5-4-6-12(11)13/h4-6,9H,7-8H2,1-3H3. The second kappa shape index (κ2) is 3.06. The van der Waals surface area contributed by atoms with Gasteiger partial charge in [0.2, 0.25) is 0 Å². The highest BCUT2D eigenvalue weighted by Crippen LogP contribution is 2.31. The molecule has 1 heteroatoms. The zero-order chi connectivity index (χ0) is 9.42. The first-order chi connectivity index (χ1) is 6.20. The Kier molecular flexibility index (Phi) is 2.03. The van der Waals surface area contributed by atoms with E-state index in [0.29, 0.717) is 6.04 Å². The van der Waals surface area contributed by atoms with E-state index in [-0.39, 0.29) is 0 Å². The molecule has 70 valence electrons. The first-order valence-corrected chi connectivity index (χ1v) is 5.05. The van der Waals surface area contributed by atoms with Crippen LogP contribution in [0.1, 0.15) is 25.0 Å². The Morgan fingerprint density at radius 2 is 2.08 bits per heavy atom. The van der Waals surface area contributed by atoms with Gasteiger partial charge in [0.05, 0.1) is 0 Å². The molecule has 0 atom stereocenters. The van der Waals surface area contributed by atoms with Gasteiger partial charge in [0, 0.05) is 18.3 Å². The second-order valence-corrected chi connectivity index (χ2v) is 4.11. The lowest BCUT2D eigenvalue weighted by Gasteiger charge is -2.23. The number of fused-ring (bicyclic) bond motifs is 1. The summed E-state index contributed by atoms with van der Waals surface area (Å²) in [5.41, 5.74) is 4.45. The number of hydrogen-bond donors (Lipinski definition) is 0. The minimum absolute atomic E-state index is 0.628. The molecule has 0 saturated carbocycles. The Bertz CT molecular complexity index is 315. The maximum absolute atomic E-state index is 2.49. The lowest BCUT2D eigenvalue weighted by atomic mass is 10.1. The molecule has 1 aliphatic rings. The van der Waals surface area contributed by atoms with Gasteiger partial charge in [-0.25, -0.2) is 0 Å². The fourth-order valence-electron chi connectivity index (χ4n) is 2.17. The van der Waals surface area contributed by atoms with Gasteiger partial charge in [0.25, 0.3) is 0 Å². The SMILES string of the molecule is Cc1cccc2c1CCN2C(C)C. The largest absolute Gasteiger partial charge is 0.369 e. The van der Waals surface area contributed by atoms with Crippen LogP contribution in [0.2, 0.25) is 0 Å². The van der Waals surface area contributed by atoms with E-state index in [1.54, 1.807) is 5.56 Å². The summed E-state index contributed by atoms with van der Waals surface area (Å²) in [4.78, 5) is 2.49. The van der Waals surface area contributed by atoms with Crippen molar-refractivity contribution in [3.63, 3.8) is 0 Å². The quantitative estimate of drug-likeness (QED) is 0.634. The third-order valence-corrected chi connectivity index (χ3v) is 2.92. The number of aryl methyl sites for hydroxylation is 1. The van der Waals surface area contributed by atoms with E-state index in [1.807, 2.05) is 0 Å². The molecule has 1 aromatic rings. The van der Waals surface area contributed by atoms with Crippen molar-refractivity contribution >= 4 is 5.69 Å². The summed E-state index contributed by atoms with van der Waals surface area (Å²) in [6.45, 7) is 7.93. The first-order valence-electron chi connectivity index (χ1n) is 5.05. The smallest absolute Gasteiger partial charge is 0.0404 e. The van der Waals surface area contributed by atoms with E-state index in [9.17, 15) is 0 Å². The van der Waals surface area contributed by atoms with Gasteiger partial charge in [-0.15, -0.1) is 0 Å². The lowest BCUT2D eigenvalue weighted by molar-refractivity contribution is 0.710. The molecule has 0 aromatic heterocycles. The minimum Gasteiger partial charge on any atom is -0.369 e. The number of nitrogens with zero attached hydrogens (tertiary/aromatic N) is 1. The molecule has 1 heterocycles. The molecule has 0 fully saturated rings. The molecule has 0 aliphatic carbocycles. The summed E-state index contributed by atoms with van der Waals surface area (Å²) in [6.07, 6.45) is 1.22. The Morgan fingerprint density at radius 1 is 1.31 bits per heavy atom. The predicted octanol–water partition coefficient (Wildman–Crippen LogP) is 2.77. The zero-order valence-corrected chi connectivity index (χ0v) is 8.67. The summed E-state index contributed by atoms with van der Waals surface area (Å²) in [6, 6.07) is 7.25. The predicted molar refractivity (Wildman–Crippen MR) is 57.4 cm³/mol. The molecule has 0 N–H and O–H groups in total. The van der Waals surface area contributed by atoms with Crippen LogP contribution < -0.4 is 4.90 Å². The van der Waals surface area contributed by atoms with Crippen LogP contribution in [0.25, 0.3) is 0 Å². The van der Waals surface area contributed by atoms with Crippen molar-refractivity contribution in [3.8, 4) is 0 Å². The lowest BCUT2D eigenvalue weighted by Crippen LogP contribution is -2.28. The molecule has 13 heavy (non-hydrogen) atoms. The van der Waals surface area contributed by atoms with Gasteiger partial charge in [-0.2, -0.15) is 0 Å². The number of anilines is 1. The molecule has 1 nitrogen and oxygen atoms in total. The third kappa shape index (κ3) is 1.32. The molecule has 1 aliphatic heterocycles. The van der Waals surface area contributed by atoms with Crippen molar-refractivity contribution in [2.75, 3.05) is 11.4 Å². The Balaban J connectivity index is 2.43. The Morgan fingerprint density at radius 3 is 2.77 bits per heavy atom. The van der Waals surface area contributed by atoms with Crippen LogP contribution in [0.5, 0.6) is 0 Å². The highest BCUT2D eigenvalue weighted by Gasteiger charge is 2.21. The van der Waals surface area contributed by atoms with Crippen molar-refractivity contribution < 1.29 is 0 Å². The van der Waals surface area contributed by atoms with Crippen molar-refractivity contribution in [1.29, 1.82) is 0 Å². The van der Waals surface area contributed by atoms with Gasteiger partial charge in [-0.1, -0.05) is 12.1 Å². The number of rotatable bonds is 1. The summed E-state index contributed by atoms with van der Waals surface area (Å²) < 4.78 is 0. The normalized spacial score (nSPS) is 15.2. The van der Waals surface area contributed by atoms with E-state index in [2.05, 4.69) is 43.9 Å². The molecular weight excluding hydrogens is 158 g/mol. The number of hydrogen-bond acceptors (Lipinski definition) is 1. The van der Waals surface area contributed by atoms with Crippen LogP contribution >= 0.6 is 0 Å². The van der Waals surface area contributed by atoms with E-state index in [1.165, 1.54) is 24.2 Å². The van der Waals surface area contributed by atoms with Gasteiger partial charge in [-0.3, -0.25) is 0 Å². The van der Waals surface area contributed by atoms with E-state index < -0.39 is 0 Å². The maximum Gasteiger partial charge on any atom is 0.0404 e. The van der Waals surface area contributed by atoms with Crippen molar-refractivity contribution in [2.24, 2.45) is 0 Å². The molecule has 1 aromatic carbocycles. The van der Waals surface area contributed by atoms with Gasteiger partial charge >= 0.3 is 0 Å². The van der Waals surface area contributed by atoms with Crippen molar-refractivity contribution in [2.45, 2.75) is 33.2 Å². The van der Waals surface area contributed by atoms with Crippen LogP contribution in [0.3, 0.4) is 0 Å². The maximum atomic E-state index is 2.49. The summed E-state index contributed by atoms with van der Waals surface area (Å²) in [5.74, 6) is 0. The van der Waals surface area contributed by atoms with Gasteiger partial charge in [0.15, 0.2) is 0 Å². The molecular formula is C12H17N. The summed E-state index contributed by atoms with van der Waals surface area (Å²) in [7, 11) is 0. The Hall–Kier alpha value is -0.980. The van der Waals surface area contributed by atoms with Gasteiger partial charge < -0.3 is 4.90 Å². The second-order valence-electron chi connectivity index (χ2n) is 4.11. The van der Waals surface area contributed by atoms with Crippen LogP contribution in [-0.2, 0) is 6.42 Å². The van der Waals surface area contributed by atoms with Gasteiger partial charge in [-0.05, 0) is 44.4 Å². The van der Waals surface area contributed by atoms with E-state index in [0.717, 1.165) is 0 Å². The monoisotopic (exact) mass is 175 g/mol. The fourth-order valence-corrected chi connectivity index (χ4v) is 2.17. The summed E-state index contributed by atoms with van der Waals surface area (Å²) >= 11 is 0. The zero-order valence-electron chi connectivity index (χ0n) is 8.67. The minimum atomic E-state index is 0.628. The fraction of sp³-hybridized carbons (Fsp3) is 0.500. The number of benzene rings is 1. The Labute approximate surface area is 80.4 Å². The van der Waals surface area contributed by atoms with Crippen molar-refractivity contribution in [3.05, 3.63) is 29.3 Å². The average molecular weight is 175 g/mol. The molecule has 0 bridgehead atoms. The average Bonchev–Trinajstić information content (AvgIpc) is 2.48. The molecule has 2 rings (SSSR count). The highest BCUT2D eigenvalue weighted by molar-refractivity contribution is 5.61. The molecule has 0 spiro atoms. The van der Waals surface area contributed by atoms with Crippen LogP contribution in [0.4, 0.5) is 5.69 Å². The van der Waals surface area contributed by atoms with Gasteiger partial charge in [0.1, 0.15) is 0 Å². The van der Waals surface area contributed by atoms with E-state index >= 15 is 0 Å². The highest BCUT2D eigenvalue weighted by atomic mass is 15.2. The molecule has 0 radical (unpaired) electrons. The third-order valence-electron chi connectivity index (χ3n) is 2.92. The van der Waals surface area contributed by atoms with Crippen LogP contribution in [-0.4, -0.2) is 12.6 Å². The molecule has 0 amide bonds. The first kappa shape index (κ1) is 8.61. The summed E-state index contributed by atoms with van der Waals surface area (Å²) in [5, 5.41) is 0. The van der Waals surface area contributed by atoms with Crippen LogP contribution in [0, 0.1) is 6.92 Å². The van der Waals surface area contributed by atoms with Crippen molar-refractivity contribution in [1.82, 2.24) is 0 Å².